The summed E-state index contributed by atoms with van der Waals surface area (Å²) in [6.07, 6.45) is 3.74. The minimum Gasteiger partial charge on any atom is -0.481 e. The third-order valence-corrected chi connectivity index (χ3v) is 2.65. The quantitative estimate of drug-likeness (QED) is 0.677. The molecule has 1 N–H and O–H groups in total. The second-order valence-electron chi connectivity index (χ2n) is 3.78. The van der Waals surface area contributed by atoms with Crippen molar-refractivity contribution in [1.29, 1.82) is 0 Å². The maximum atomic E-state index is 10.5. The van der Waals surface area contributed by atoms with E-state index in [1.54, 1.807) is 6.92 Å². The van der Waals surface area contributed by atoms with Gasteiger partial charge in [0, 0.05) is 0 Å². The van der Waals surface area contributed by atoms with Gasteiger partial charge in [-0.15, -0.1) is 0 Å². The number of hydrogen-bond donors (Lipinski definition) is 1. The van der Waals surface area contributed by atoms with Crippen LogP contribution in [-0.4, -0.2) is 11.1 Å². The van der Waals surface area contributed by atoms with Crippen molar-refractivity contribution in [2.24, 2.45) is 17.8 Å². The normalized spacial score (nSPS) is 22.7. The summed E-state index contributed by atoms with van der Waals surface area (Å²) in [5.74, 6) is 0.362. The molecular weight excluding hydrogens is 140 g/mol. The summed E-state index contributed by atoms with van der Waals surface area (Å²) >= 11 is 0. The largest absolute Gasteiger partial charge is 0.481 e. The maximum Gasteiger partial charge on any atom is 0.306 e. The first-order chi connectivity index (χ1) is 5.11. The zero-order valence-corrected chi connectivity index (χ0v) is 7.21. The van der Waals surface area contributed by atoms with E-state index in [1.807, 2.05) is 6.92 Å². The van der Waals surface area contributed by atoms with Crippen LogP contribution in [-0.2, 0) is 4.79 Å². The molecule has 0 heterocycles. The molecule has 0 radical (unpaired) electrons. The van der Waals surface area contributed by atoms with E-state index in [0.717, 1.165) is 12.3 Å². The molecule has 64 valence electrons. The zero-order valence-electron chi connectivity index (χ0n) is 7.21. The highest BCUT2D eigenvalue weighted by Crippen LogP contribution is 2.37. The van der Waals surface area contributed by atoms with E-state index in [-0.39, 0.29) is 5.92 Å². The van der Waals surface area contributed by atoms with Crippen LogP contribution in [0.25, 0.3) is 0 Å². The van der Waals surface area contributed by atoms with Crippen LogP contribution in [0, 0.1) is 17.8 Å². The first-order valence-electron chi connectivity index (χ1n) is 4.34. The molecule has 2 heteroatoms. The van der Waals surface area contributed by atoms with Crippen molar-refractivity contribution in [2.45, 2.75) is 33.1 Å². The molecule has 11 heavy (non-hydrogen) atoms. The molecule has 0 aromatic rings. The molecule has 0 saturated heterocycles. The van der Waals surface area contributed by atoms with E-state index in [9.17, 15) is 4.79 Å². The fourth-order valence-corrected chi connectivity index (χ4v) is 1.33. The van der Waals surface area contributed by atoms with Crippen LogP contribution in [0.1, 0.15) is 33.1 Å². The van der Waals surface area contributed by atoms with Crippen molar-refractivity contribution in [1.82, 2.24) is 0 Å². The Bertz CT molecular complexity index is 150. The predicted octanol–water partition coefficient (Wildman–Crippen LogP) is 2.14. The summed E-state index contributed by atoms with van der Waals surface area (Å²) in [6, 6.07) is 0. The monoisotopic (exact) mass is 156 g/mol. The van der Waals surface area contributed by atoms with E-state index in [4.69, 9.17) is 5.11 Å². The lowest BCUT2D eigenvalue weighted by Gasteiger charge is -2.14. The Kier molecular flexibility index (Phi) is 2.53. The molecule has 1 fully saturated rings. The Morgan fingerprint density at radius 1 is 1.55 bits per heavy atom. The average molecular weight is 156 g/mol. The fourth-order valence-electron chi connectivity index (χ4n) is 1.33. The van der Waals surface area contributed by atoms with Crippen molar-refractivity contribution in [2.75, 3.05) is 0 Å². The van der Waals surface area contributed by atoms with E-state index < -0.39 is 5.97 Å². The molecule has 0 spiro atoms. The zero-order chi connectivity index (χ0) is 8.43. The second-order valence-corrected chi connectivity index (χ2v) is 3.78. The Labute approximate surface area is 67.6 Å². The minimum absolute atomic E-state index is 0.171. The van der Waals surface area contributed by atoms with Gasteiger partial charge in [-0.3, -0.25) is 4.79 Å². The molecule has 1 aliphatic rings. The molecule has 1 saturated carbocycles. The molecule has 0 aromatic heterocycles. The van der Waals surface area contributed by atoms with Gasteiger partial charge in [-0.05, 0) is 18.3 Å². The Morgan fingerprint density at radius 3 is 2.45 bits per heavy atom. The van der Waals surface area contributed by atoms with E-state index in [0.29, 0.717) is 5.92 Å². The fraction of sp³-hybridized carbons (Fsp3) is 0.889. The highest BCUT2D eigenvalue weighted by molar-refractivity contribution is 5.69. The van der Waals surface area contributed by atoms with Crippen LogP contribution in [0.2, 0.25) is 0 Å². The van der Waals surface area contributed by atoms with Gasteiger partial charge in [-0.2, -0.15) is 0 Å². The third-order valence-electron chi connectivity index (χ3n) is 2.65. The SMILES string of the molecule is CC(CC1CC1)[C@H](C)C(=O)O. The number of hydrogen-bond acceptors (Lipinski definition) is 1. The topological polar surface area (TPSA) is 37.3 Å². The molecule has 0 aromatic carbocycles. The van der Waals surface area contributed by atoms with E-state index in [2.05, 4.69) is 0 Å². The van der Waals surface area contributed by atoms with Crippen LogP contribution in [0.5, 0.6) is 0 Å². The highest BCUT2D eigenvalue weighted by atomic mass is 16.4. The van der Waals surface area contributed by atoms with Crippen molar-refractivity contribution in [3.05, 3.63) is 0 Å². The second kappa shape index (κ2) is 3.24. The van der Waals surface area contributed by atoms with E-state index >= 15 is 0 Å². The molecule has 0 bridgehead atoms. The lowest BCUT2D eigenvalue weighted by Crippen LogP contribution is -2.18. The molecule has 1 rings (SSSR count). The summed E-state index contributed by atoms with van der Waals surface area (Å²) in [5.41, 5.74) is 0. The lowest BCUT2D eigenvalue weighted by molar-refractivity contribution is -0.142. The summed E-state index contributed by atoms with van der Waals surface area (Å²) < 4.78 is 0. The lowest BCUT2D eigenvalue weighted by atomic mass is 9.91. The number of carboxylic acids is 1. The maximum absolute atomic E-state index is 10.5. The molecule has 0 amide bonds. The van der Waals surface area contributed by atoms with Gasteiger partial charge in [-0.1, -0.05) is 26.7 Å². The van der Waals surface area contributed by atoms with Crippen LogP contribution >= 0.6 is 0 Å². The van der Waals surface area contributed by atoms with Crippen LogP contribution in [0.4, 0.5) is 0 Å². The smallest absolute Gasteiger partial charge is 0.306 e. The van der Waals surface area contributed by atoms with Crippen molar-refractivity contribution >= 4 is 5.97 Å². The third kappa shape index (κ3) is 2.52. The van der Waals surface area contributed by atoms with Crippen LogP contribution in [0.15, 0.2) is 0 Å². The van der Waals surface area contributed by atoms with E-state index in [1.165, 1.54) is 12.8 Å². The summed E-state index contributed by atoms with van der Waals surface area (Å²) in [6.45, 7) is 3.84. The standard InChI is InChI=1S/C9H16O2/c1-6(5-8-3-4-8)7(2)9(10)11/h6-8H,3-5H2,1-2H3,(H,10,11)/t6?,7-/m0/s1. The number of carbonyl (C=O) groups is 1. The van der Waals surface area contributed by atoms with Gasteiger partial charge < -0.3 is 5.11 Å². The summed E-state index contributed by atoms with van der Waals surface area (Å²) in [7, 11) is 0. The highest BCUT2D eigenvalue weighted by Gasteiger charge is 2.28. The molecule has 1 aliphatic carbocycles. The number of rotatable bonds is 4. The van der Waals surface area contributed by atoms with Gasteiger partial charge in [0.15, 0.2) is 0 Å². The predicted molar refractivity (Wildman–Crippen MR) is 43.3 cm³/mol. The van der Waals surface area contributed by atoms with Gasteiger partial charge in [0.1, 0.15) is 0 Å². The van der Waals surface area contributed by atoms with Crippen molar-refractivity contribution < 1.29 is 9.90 Å². The molecule has 2 atom stereocenters. The first-order valence-corrected chi connectivity index (χ1v) is 4.34. The van der Waals surface area contributed by atoms with Crippen LogP contribution in [0.3, 0.4) is 0 Å². The van der Waals surface area contributed by atoms with Gasteiger partial charge >= 0.3 is 5.97 Å². The van der Waals surface area contributed by atoms with Crippen molar-refractivity contribution in [3.63, 3.8) is 0 Å². The molecule has 2 nitrogen and oxygen atoms in total. The number of carboxylic acid groups (broad SMARTS) is 1. The molecule has 1 unspecified atom stereocenters. The number of aliphatic carboxylic acids is 1. The van der Waals surface area contributed by atoms with Crippen molar-refractivity contribution in [3.8, 4) is 0 Å². The van der Waals surface area contributed by atoms with Gasteiger partial charge in [0.25, 0.3) is 0 Å². The molecular formula is C9H16O2. The van der Waals surface area contributed by atoms with Gasteiger partial charge in [0.05, 0.1) is 5.92 Å². The Balaban J connectivity index is 2.26. The Morgan fingerprint density at radius 2 is 2.09 bits per heavy atom. The van der Waals surface area contributed by atoms with Gasteiger partial charge in [0.2, 0.25) is 0 Å². The summed E-state index contributed by atoms with van der Waals surface area (Å²) in [4.78, 5) is 10.5. The summed E-state index contributed by atoms with van der Waals surface area (Å²) in [5, 5.41) is 8.69. The average Bonchev–Trinajstić information content (AvgIpc) is 2.69. The van der Waals surface area contributed by atoms with Crippen LogP contribution < -0.4 is 0 Å². The Hall–Kier alpha value is -0.530. The minimum atomic E-state index is -0.654. The first kappa shape index (κ1) is 8.57. The molecule has 0 aliphatic heterocycles. The van der Waals surface area contributed by atoms with Gasteiger partial charge in [-0.25, -0.2) is 0 Å².